The SMILES string of the molecule is COC1=C(C)C(C)(OC)C=CC1=O. The largest absolute Gasteiger partial charge is 0.493 e. The average Bonchev–Trinajstić information content (AvgIpc) is 2.13. The van der Waals surface area contributed by atoms with E-state index in [1.807, 2.05) is 13.8 Å². The van der Waals surface area contributed by atoms with Crippen LogP contribution in [0.5, 0.6) is 0 Å². The van der Waals surface area contributed by atoms with Crippen LogP contribution in [-0.2, 0) is 14.3 Å². The fourth-order valence-corrected chi connectivity index (χ4v) is 1.32. The normalized spacial score (nSPS) is 28.2. The zero-order valence-corrected chi connectivity index (χ0v) is 8.38. The van der Waals surface area contributed by atoms with Crippen LogP contribution in [0.25, 0.3) is 0 Å². The number of allylic oxidation sites excluding steroid dienone is 1. The van der Waals surface area contributed by atoms with E-state index in [9.17, 15) is 4.79 Å². The molecular weight excluding hydrogens is 168 g/mol. The highest BCUT2D eigenvalue weighted by Crippen LogP contribution is 2.29. The van der Waals surface area contributed by atoms with Crippen molar-refractivity contribution in [3.63, 3.8) is 0 Å². The number of carbonyl (C=O) groups excluding carboxylic acids is 1. The molecule has 0 radical (unpaired) electrons. The highest BCUT2D eigenvalue weighted by atomic mass is 16.5. The topological polar surface area (TPSA) is 35.5 Å². The fourth-order valence-electron chi connectivity index (χ4n) is 1.32. The van der Waals surface area contributed by atoms with Crippen molar-refractivity contribution >= 4 is 5.78 Å². The number of methoxy groups -OCH3 is 2. The summed E-state index contributed by atoms with van der Waals surface area (Å²) < 4.78 is 10.3. The molecule has 0 aromatic carbocycles. The molecule has 1 aliphatic carbocycles. The first-order valence-electron chi connectivity index (χ1n) is 4.09. The van der Waals surface area contributed by atoms with E-state index in [1.54, 1.807) is 13.2 Å². The zero-order chi connectivity index (χ0) is 10.1. The van der Waals surface area contributed by atoms with Gasteiger partial charge in [0.05, 0.1) is 7.11 Å². The van der Waals surface area contributed by atoms with Crippen LogP contribution in [0, 0.1) is 0 Å². The molecule has 0 aliphatic heterocycles. The minimum absolute atomic E-state index is 0.102. The standard InChI is InChI=1S/C10H14O3/c1-7-9(12-3)8(11)5-6-10(7,2)13-4/h5-6H,1-4H3. The van der Waals surface area contributed by atoms with Gasteiger partial charge in [-0.25, -0.2) is 0 Å². The Bertz CT molecular complexity index is 289. The van der Waals surface area contributed by atoms with Crippen molar-refractivity contribution in [2.45, 2.75) is 19.4 Å². The Morgan fingerprint density at radius 1 is 1.38 bits per heavy atom. The number of hydrogen-bond donors (Lipinski definition) is 0. The molecule has 13 heavy (non-hydrogen) atoms. The highest BCUT2D eigenvalue weighted by Gasteiger charge is 2.31. The smallest absolute Gasteiger partial charge is 0.220 e. The third-order valence-corrected chi connectivity index (χ3v) is 2.49. The van der Waals surface area contributed by atoms with Gasteiger partial charge in [-0.1, -0.05) is 0 Å². The van der Waals surface area contributed by atoms with Crippen LogP contribution < -0.4 is 0 Å². The zero-order valence-electron chi connectivity index (χ0n) is 8.38. The molecule has 0 fully saturated rings. The lowest BCUT2D eigenvalue weighted by Crippen LogP contribution is -2.31. The Balaban J connectivity index is 3.15. The van der Waals surface area contributed by atoms with Crippen LogP contribution >= 0.6 is 0 Å². The van der Waals surface area contributed by atoms with E-state index < -0.39 is 5.60 Å². The summed E-state index contributed by atoms with van der Waals surface area (Å²) in [5.74, 6) is 0.279. The second-order valence-corrected chi connectivity index (χ2v) is 3.17. The van der Waals surface area contributed by atoms with E-state index in [0.29, 0.717) is 5.76 Å². The van der Waals surface area contributed by atoms with Gasteiger partial charge in [0.15, 0.2) is 5.76 Å². The fraction of sp³-hybridized carbons (Fsp3) is 0.500. The summed E-state index contributed by atoms with van der Waals surface area (Å²) in [6.07, 6.45) is 3.22. The van der Waals surface area contributed by atoms with Gasteiger partial charge in [0.25, 0.3) is 0 Å². The molecule has 1 aliphatic rings. The summed E-state index contributed by atoms with van der Waals surface area (Å²) in [6.45, 7) is 3.73. The predicted molar refractivity (Wildman–Crippen MR) is 49.3 cm³/mol. The Morgan fingerprint density at radius 2 is 2.00 bits per heavy atom. The van der Waals surface area contributed by atoms with Gasteiger partial charge in [-0.15, -0.1) is 0 Å². The number of ketones is 1. The number of ether oxygens (including phenoxy) is 2. The molecule has 0 heterocycles. The van der Waals surface area contributed by atoms with Crippen LogP contribution in [0.4, 0.5) is 0 Å². The quantitative estimate of drug-likeness (QED) is 0.648. The van der Waals surface area contributed by atoms with E-state index in [1.165, 1.54) is 13.2 Å². The van der Waals surface area contributed by atoms with Gasteiger partial charge < -0.3 is 9.47 Å². The van der Waals surface area contributed by atoms with E-state index in [-0.39, 0.29) is 5.78 Å². The molecule has 0 aromatic heterocycles. The molecule has 1 unspecified atom stereocenters. The first kappa shape index (κ1) is 9.99. The molecule has 1 rings (SSSR count). The van der Waals surface area contributed by atoms with Crippen molar-refractivity contribution in [3.8, 4) is 0 Å². The third kappa shape index (κ3) is 1.52. The molecule has 72 valence electrons. The molecule has 0 saturated carbocycles. The van der Waals surface area contributed by atoms with Crippen molar-refractivity contribution in [2.24, 2.45) is 0 Å². The van der Waals surface area contributed by atoms with E-state index >= 15 is 0 Å². The van der Waals surface area contributed by atoms with Gasteiger partial charge in [0.1, 0.15) is 5.60 Å². The highest BCUT2D eigenvalue weighted by molar-refractivity contribution is 6.04. The van der Waals surface area contributed by atoms with Crippen molar-refractivity contribution in [2.75, 3.05) is 14.2 Å². The minimum atomic E-state index is -0.515. The van der Waals surface area contributed by atoms with Gasteiger partial charge in [-0.2, -0.15) is 0 Å². The molecule has 0 spiro atoms. The van der Waals surface area contributed by atoms with Gasteiger partial charge in [-0.05, 0) is 26.0 Å². The number of rotatable bonds is 2. The maximum absolute atomic E-state index is 11.3. The second kappa shape index (κ2) is 3.34. The van der Waals surface area contributed by atoms with Crippen LogP contribution in [-0.4, -0.2) is 25.6 Å². The van der Waals surface area contributed by atoms with E-state index in [2.05, 4.69) is 0 Å². The minimum Gasteiger partial charge on any atom is -0.493 e. The van der Waals surface area contributed by atoms with Crippen LogP contribution in [0.1, 0.15) is 13.8 Å². The average molecular weight is 182 g/mol. The van der Waals surface area contributed by atoms with Crippen molar-refractivity contribution in [3.05, 3.63) is 23.5 Å². The second-order valence-electron chi connectivity index (χ2n) is 3.17. The van der Waals surface area contributed by atoms with Gasteiger partial charge in [0, 0.05) is 12.7 Å². The molecule has 3 nitrogen and oxygen atoms in total. The lowest BCUT2D eigenvalue weighted by Gasteiger charge is -2.29. The molecule has 1 atom stereocenters. The van der Waals surface area contributed by atoms with Crippen LogP contribution in [0.15, 0.2) is 23.5 Å². The lowest BCUT2D eigenvalue weighted by molar-refractivity contribution is -0.114. The summed E-state index contributed by atoms with van der Waals surface area (Å²) in [6, 6.07) is 0. The molecule has 0 amide bonds. The molecular formula is C10H14O3. The van der Waals surface area contributed by atoms with Gasteiger partial charge in [-0.3, -0.25) is 4.79 Å². The Labute approximate surface area is 78.0 Å². The first-order valence-corrected chi connectivity index (χ1v) is 4.09. The molecule has 3 heteroatoms. The predicted octanol–water partition coefficient (Wildman–Crippen LogP) is 1.45. The maximum atomic E-state index is 11.3. The summed E-state index contributed by atoms with van der Waals surface area (Å²) in [5.41, 5.74) is 0.296. The van der Waals surface area contributed by atoms with Gasteiger partial charge in [0.2, 0.25) is 5.78 Å². The maximum Gasteiger partial charge on any atom is 0.220 e. The Morgan fingerprint density at radius 3 is 2.46 bits per heavy atom. The van der Waals surface area contributed by atoms with E-state index in [0.717, 1.165) is 5.57 Å². The summed E-state index contributed by atoms with van der Waals surface area (Å²) in [5, 5.41) is 0. The summed E-state index contributed by atoms with van der Waals surface area (Å²) in [4.78, 5) is 11.3. The van der Waals surface area contributed by atoms with Crippen LogP contribution in [0.3, 0.4) is 0 Å². The third-order valence-electron chi connectivity index (χ3n) is 2.49. The monoisotopic (exact) mass is 182 g/mol. The van der Waals surface area contributed by atoms with Gasteiger partial charge >= 0.3 is 0 Å². The summed E-state index contributed by atoms with van der Waals surface area (Å²) >= 11 is 0. The molecule has 0 N–H and O–H groups in total. The Hall–Kier alpha value is -1.09. The van der Waals surface area contributed by atoms with Crippen molar-refractivity contribution in [1.29, 1.82) is 0 Å². The number of hydrogen-bond acceptors (Lipinski definition) is 3. The molecule has 0 aromatic rings. The van der Waals surface area contributed by atoms with Crippen molar-refractivity contribution in [1.82, 2.24) is 0 Å². The lowest BCUT2D eigenvalue weighted by atomic mass is 9.89. The number of carbonyl (C=O) groups is 1. The Kier molecular flexibility index (Phi) is 2.57. The summed E-state index contributed by atoms with van der Waals surface area (Å²) in [7, 11) is 3.10. The first-order chi connectivity index (χ1) is 6.05. The molecule has 0 bridgehead atoms. The van der Waals surface area contributed by atoms with E-state index in [4.69, 9.17) is 9.47 Å². The van der Waals surface area contributed by atoms with Crippen LogP contribution in [0.2, 0.25) is 0 Å². The van der Waals surface area contributed by atoms with Crippen molar-refractivity contribution < 1.29 is 14.3 Å². The molecule has 0 saturated heterocycles.